The number of nitrogens with zero attached hydrogens (tertiary/aromatic N) is 1. The van der Waals surface area contributed by atoms with Gasteiger partial charge in [-0.25, -0.2) is 4.98 Å². The highest BCUT2D eigenvalue weighted by atomic mass is 79.9. The van der Waals surface area contributed by atoms with Crippen LogP contribution in [0.1, 0.15) is 11.1 Å². The molecular weight excluding hydrogens is 289 g/mol. The Labute approximate surface area is 107 Å². The molecule has 1 aliphatic rings. The minimum Gasteiger partial charge on any atom is -0.376 e. The van der Waals surface area contributed by atoms with Crippen molar-refractivity contribution in [3.63, 3.8) is 0 Å². The van der Waals surface area contributed by atoms with Gasteiger partial charge in [-0.3, -0.25) is 0 Å². The molecule has 4 heteroatoms. The molecule has 0 amide bonds. The lowest BCUT2D eigenvalue weighted by atomic mass is 10.0. The van der Waals surface area contributed by atoms with E-state index < -0.39 is 0 Å². The zero-order valence-electron chi connectivity index (χ0n) is 8.46. The van der Waals surface area contributed by atoms with Crippen LogP contribution in [0.15, 0.2) is 22.7 Å². The standard InChI is InChI=1S/C12H9BrClNO/c13-7-1-2-8-10-6-16-4-3-9(10)12(14)15-11(8)5-7/h1-2,5H,3-4,6H2. The largest absolute Gasteiger partial charge is 0.376 e. The summed E-state index contributed by atoms with van der Waals surface area (Å²) in [6, 6.07) is 6.07. The summed E-state index contributed by atoms with van der Waals surface area (Å²) in [5, 5.41) is 1.76. The quantitative estimate of drug-likeness (QED) is 0.692. The number of benzene rings is 1. The van der Waals surface area contributed by atoms with Gasteiger partial charge in [0.1, 0.15) is 5.15 Å². The van der Waals surface area contributed by atoms with Gasteiger partial charge in [-0.05, 0) is 29.7 Å². The number of hydrogen-bond acceptors (Lipinski definition) is 2. The average Bonchev–Trinajstić information content (AvgIpc) is 2.29. The van der Waals surface area contributed by atoms with Crippen LogP contribution in [-0.2, 0) is 17.8 Å². The second kappa shape index (κ2) is 3.99. The third-order valence-corrected chi connectivity index (χ3v) is 3.67. The van der Waals surface area contributed by atoms with Crippen LogP contribution in [0.4, 0.5) is 0 Å². The third kappa shape index (κ3) is 1.63. The van der Waals surface area contributed by atoms with Crippen molar-refractivity contribution in [3.05, 3.63) is 39.0 Å². The molecule has 0 radical (unpaired) electrons. The summed E-state index contributed by atoms with van der Waals surface area (Å²) in [4.78, 5) is 4.43. The molecule has 16 heavy (non-hydrogen) atoms. The molecule has 0 aliphatic carbocycles. The summed E-state index contributed by atoms with van der Waals surface area (Å²) < 4.78 is 6.51. The second-order valence-corrected chi connectivity index (χ2v) is 5.10. The normalized spacial score (nSPS) is 15.1. The summed E-state index contributed by atoms with van der Waals surface area (Å²) in [6.45, 7) is 1.37. The van der Waals surface area contributed by atoms with E-state index in [1.807, 2.05) is 12.1 Å². The van der Waals surface area contributed by atoms with Crippen molar-refractivity contribution >= 4 is 38.4 Å². The van der Waals surface area contributed by atoms with E-state index in [2.05, 4.69) is 27.0 Å². The molecule has 0 N–H and O–H groups in total. The van der Waals surface area contributed by atoms with Crippen LogP contribution in [0.3, 0.4) is 0 Å². The van der Waals surface area contributed by atoms with Crippen LogP contribution >= 0.6 is 27.5 Å². The molecule has 1 aromatic carbocycles. The lowest BCUT2D eigenvalue weighted by Gasteiger charge is -2.19. The Hall–Kier alpha value is -0.640. The molecule has 82 valence electrons. The van der Waals surface area contributed by atoms with E-state index in [0.29, 0.717) is 11.8 Å². The first-order valence-corrected chi connectivity index (χ1v) is 6.27. The van der Waals surface area contributed by atoms with Crippen LogP contribution in [0, 0.1) is 0 Å². The maximum atomic E-state index is 6.19. The van der Waals surface area contributed by atoms with Crippen LogP contribution in [0.5, 0.6) is 0 Å². The van der Waals surface area contributed by atoms with Crippen LogP contribution < -0.4 is 0 Å². The Morgan fingerprint density at radius 1 is 1.31 bits per heavy atom. The first-order chi connectivity index (χ1) is 7.75. The number of pyridine rings is 1. The molecule has 2 heterocycles. The number of fused-ring (bicyclic) bond motifs is 3. The van der Waals surface area contributed by atoms with Gasteiger partial charge in [0.15, 0.2) is 0 Å². The van der Waals surface area contributed by atoms with Crippen LogP contribution in [0.25, 0.3) is 10.9 Å². The number of halogens is 2. The van der Waals surface area contributed by atoms with Crippen molar-refractivity contribution < 1.29 is 4.74 Å². The van der Waals surface area contributed by atoms with E-state index in [1.165, 1.54) is 5.56 Å². The van der Waals surface area contributed by atoms with Crippen molar-refractivity contribution in [1.29, 1.82) is 0 Å². The van der Waals surface area contributed by atoms with Gasteiger partial charge in [-0.15, -0.1) is 0 Å². The van der Waals surface area contributed by atoms with Gasteiger partial charge in [0.2, 0.25) is 0 Å². The molecule has 0 spiro atoms. The average molecular weight is 299 g/mol. The van der Waals surface area contributed by atoms with E-state index in [-0.39, 0.29) is 0 Å². The van der Waals surface area contributed by atoms with Crippen molar-refractivity contribution in [1.82, 2.24) is 4.98 Å². The maximum absolute atomic E-state index is 6.19. The lowest BCUT2D eigenvalue weighted by molar-refractivity contribution is 0.112. The molecule has 2 nitrogen and oxygen atoms in total. The Kier molecular flexibility index (Phi) is 2.62. The summed E-state index contributed by atoms with van der Waals surface area (Å²) in [5.74, 6) is 0. The molecule has 1 aliphatic heterocycles. The lowest BCUT2D eigenvalue weighted by Crippen LogP contribution is -2.11. The summed E-state index contributed by atoms with van der Waals surface area (Å²) in [5.41, 5.74) is 3.25. The van der Waals surface area contributed by atoms with Crippen molar-refractivity contribution in [2.24, 2.45) is 0 Å². The third-order valence-electron chi connectivity index (χ3n) is 2.86. The zero-order chi connectivity index (χ0) is 11.1. The fourth-order valence-corrected chi connectivity index (χ4v) is 2.73. The Morgan fingerprint density at radius 2 is 2.19 bits per heavy atom. The summed E-state index contributed by atoms with van der Waals surface area (Å²) in [6.07, 6.45) is 0.854. The Bertz CT molecular complexity index is 570. The van der Waals surface area contributed by atoms with Gasteiger partial charge in [0.25, 0.3) is 0 Å². The highest BCUT2D eigenvalue weighted by Crippen LogP contribution is 2.31. The molecule has 0 bridgehead atoms. The van der Waals surface area contributed by atoms with Gasteiger partial charge >= 0.3 is 0 Å². The van der Waals surface area contributed by atoms with Crippen LogP contribution in [0.2, 0.25) is 5.15 Å². The Morgan fingerprint density at radius 3 is 3.06 bits per heavy atom. The highest BCUT2D eigenvalue weighted by Gasteiger charge is 2.17. The minimum atomic E-state index is 0.615. The first-order valence-electron chi connectivity index (χ1n) is 5.10. The molecular formula is C12H9BrClNO. The molecule has 3 rings (SSSR count). The number of rotatable bonds is 0. The fraction of sp³-hybridized carbons (Fsp3) is 0.250. The van der Waals surface area contributed by atoms with E-state index in [0.717, 1.165) is 34.0 Å². The van der Waals surface area contributed by atoms with Crippen molar-refractivity contribution in [2.75, 3.05) is 6.61 Å². The molecule has 0 saturated heterocycles. The molecule has 2 aromatic rings. The van der Waals surface area contributed by atoms with Crippen LogP contribution in [-0.4, -0.2) is 11.6 Å². The minimum absolute atomic E-state index is 0.615. The fourth-order valence-electron chi connectivity index (χ4n) is 2.08. The summed E-state index contributed by atoms with van der Waals surface area (Å²) in [7, 11) is 0. The predicted octanol–water partition coefficient (Wildman–Crippen LogP) is 3.72. The maximum Gasteiger partial charge on any atom is 0.133 e. The molecule has 0 fully saturated rings. The molecule has 1 aromatic heterocycles. The number of ether oxygens (including phenoxy) is 1. The van der Waals surface area contributed by atoms with Crippen molar-refractivity contribution in [2.45, 2.75) is 13.0 Å². The highest BCUT2D eigenvalue weighted by molar-refractivity contribution is 9.10. The van der Waals surface area contributed by atoms with E-state index in [9.17, 15) is 0 Å². The van der Waals surface area contributed by atoms with Gasteiger partial charge in [-0.2, -0.15) is 0 Å². The Balaban J connectivity index is 2.37. The van der Waals surface area contributed by atoms with Gasteiger partial charge < -0.3 is 4.74 Å². The van der Waals surface area contributed by atoms with E-state index in [1.54, 1.807) is 0 Å². The molecule has 0 atom stereocenters. The number of aromatic nitrogens is 1. The predicted molar refractivity (Wildman–Crippen MR) is 67.8 cm³/mol. The zero-order valence-corrected chi connectivity index (χ0v) is 10.8. The van der Waals surface area contributed by atoms with E-state index >= 15 is 0 Å². The second-order valence-electron chi connectivity index (χ2n) is 3.82. The van der Waals surface area contributed by atoms with Gasteiger partial charge in [0.05, 0.1) is 18.7 Å². The number of hydrogen-bond donors (Lipinski definition) is 0. The van der Waals surface area contributed by atoms with Gasteiger partial charge in [-0.1, -0.05) is 33.6 Å². The summed E-state index contributed by atoms with van der Waals surface area (Å²) >= 11 is 9.63. The molecule has 0 unspecified atom stereocenters. The SMILES string of the molecule is Clc1nc2cc(Br)ccc2c2c1CCOC2. The monoisotopic (exact) mass is 297 g/mol. The smallest absolute Gasteiger partial charge is 0.133 e. The van der Waals surface area contributed by atoms with Crippen molar-refractivity contribution in [3.8, 4) is 0 Å². The van der Waals surface area contributed by atoms with Gasteiger partial charge in [0, 0.05) is 9.86 Å². The van der Waals surface area contributed by atoms with E-state index in [4.69, 9.17) is 16.3 Å². The first kappa shape index (κ1) is 10.5. The topological polar surface area (TPSA) is 22.1 Å². The molecule has 0 saturated carbocycles.